The molecule has 0 saturated carbocycles. The van der Waals surface area contributed by atoms with Gasteiger partial charge >= 0.3 is 0 Å². The summed E-state index contributed by atoms with van der Waals surface area (Å²) in [6, 6.07) is 17.9. The number of nitrogens with zero attached hydrogens (tertiary/aromatic N) is 3. The van der Waals surface area contributed by atoms with Gasteiger partial charge in [-0.1, -0.05) is 36.4 Å². The number of nitrogens with one attached hydrogen (secondary N) is 1. The molecular formula is C28H28N4O4. The Bertz CT molecular complexity index is 1360. The van der Waals surface area contributed by atoms with E-state index in [0.29, 0.717) is 37.4 Å². The number of piperazine rings is 1. The molecule has 8 nitrogen and oxygen atoms in total. The highest BCUT2D eigenvalue weighted by atomic mass is 16.3. The number of amides is 1. The number of aliphatic hydroxyl groups is 1. The summed E-state index contributed by atoms with van der Waals surface area (Å²) >= 11 is 0. The van der Waals surface area contributed by atoms with Gasteiger partial charge < -0.3 is 15.3 Å². The average Bonchev–Trinajstić information content (AvgIpc) is 2.93. The van der Waals surface area contributed by atoms with Gasteiger partial charge in [0.15, 0.2) is 0 Å². The fraction of sp³-hybridized carbons (Fsp3) is 0.286. The van der Waals surface area contributed by atoms with Gasteiger partial charge in [0.25, 0.3) is 5.91 Å². The molecule has 36 heavy (non-hydrogen) atoms. The van der Waals surface area contributed by atoms with Crippen molar-refractivity contribution < 1.29 is 19.5 Å². The second-order valence-electron chi connectivity index (χ2n) is 8.76. The van der Waals surface area contributed by atoms with Gasteiger partial charge in [-0.15, -0.1) is 0 Å². The molecule has 1 fully saturated rings. The monoisotopic (exact) mass is 484 g/mol. The predicted molar refractivity (Wildman–Crippen MR) is 135 cm³/mol. The molecule has 0 aliphatic carbocycles. The van der Waals surface area contributed by atoms with Crippen LogP contribution in [0.5, 0.6) is 0 Å². The molecule has 1 saturated heterocycles. The molecule has 8 heteroatoms. The third-order valence-corrected chi connectivity index (χ3v) is 6.29. The molecule has 3 aromatic rings. The Morgan fingerprint density at radius 3 is 2.39 bits per heavy atom. The van der Waals surface area contributed by atoms with E-state index >= 15 is 0 Å². The number of pyridine rings is 1. The van der Waals surface area contributed by atoms with Crippen molar-refractivity contribution in [3.8, 4) is 0 Å². The number of rotatable bonds is 8. The van der Waals surface area contributed by atoms with Crippen LogP contribution in [0.1, 0.15) is 21.5 Å². The molecule has 184 valence electrons. The Hall–Kier alpha value is -4.06. The van der Waals surface area contributed by atoms with Crippen LogP contribution in [0.4, 0.5) is 5.82 Å². The van der Waals surface area contributed by atoms with Crippen molar-refractivity contribution in [1.29, 1.82) is 0 Å². The molecule has 2 N–H and O–H groups in total. The van der Waals surface area contributed by atoms with Gasteiger partial charge in [0.1, 0.15) is 17.7 Å². The third-order valence-electron chi connectivity index (χ3n) is 6.29. The van der Waals surface area contributed by atoms with Crippen molar-refractivity contribution in [3.63, 3.8) is 0 Å². The number of aliphatic hydroxyl groups excluding tert-OH is 1. The summed E-state index contributed by atoms with van der Waals surface area (Å²) in [5.74, 6) is 3.91. The summed E-state index contributed by atoms with van der Waals surface area (Å²) < 4.78 is 0. The molecule has 1 aromatic heterocycles. The molecule has 2 aromatic carbocycles. The minimum absolute atomic E-state index is 0.162. The summed E-state index contributed by atoms with van der Waals surface area (Å²) in [4.78, 5) is 44.0. The average molecular weight is 485 g/mol. The zero-order valence-electron chi connectivity index (χ0n) is 19.9. The molecular weight excluding hydrogens is 456 g/mol. The van der Waals surface area contributed by atoms with E-state index in [4.69, 9.17) is 0 Å². The highest BCUT2D eigenvalue weighted by Crippen LogP contribution is 2.20. The van der Waals surface area contributed by atoms with E-state index in [9.17, 15) is 19.5 Å². The van der Waals surface area contributed by atoms with Gasteiger partial charge in [-0.05, 0) is 41.8 Å². The maximum atomic E-state index is 13.1. The topological polar surface area (TPSA) is 103 Å². The molecule has 2 heterocycles. The first kappa shape index (κ1) is 25.0. The van der Waals surface area contributed by atoms with E-state index in [1.165, 1.54) is 0 Å². The van der Waals surface area contributed by atoms with Crippen LogP contribution >= 0.6 is 0 Å². The Balaban J connectivity index is 1.40. The van der Waals surface area contributed by atoms with E-state index in [2.05, 4.69) is 20.1 Å². The molecule has 1 aliphatic heterocycles. The van der Waals surface area contributed by atoms with Crippen LogP contribution in [0.25, 0.3) is 0 Å². The molecule has 1 amide bonds. The fourth-order valence-electron chi connectivity index (χ4n) is 4.39. The zero-order chi connectivity index (χ0) is 25.3. The largest absolute Gasteiger partial charge is 0.394 e. The Morgan fingerprint density at radius 1 is 0.944 bits per heavy atom. The molecule has 1 unspecified atom stereocenters. The Kier molecular flexibility index (Phi) is 8.40. The van der Waals surface area contributed by atoms with Gasteiger partial charge in [0.05, 0.1) is 28.6 Å². The maximum absolute atomic E-state index is 13.1. The standard InChI is InChI=1S/C28H28N4O4/c33-18-23-9-8-22(15-24(23)19-34)17-31-11-13-32(14-12-31)27-26(7-4-10-29-27)28(36)30-25(20-35)16-21-5-2-1-3-6-21/h1-10,15,25,35H,11-14,16-17,20H2,(H,30,36). The molecule has 1 aliphatic rings. The second-order valence-corrected chi connectivity index (χ2v) is 8.76. The Labute approximate surface area is 209 Å². The normalized spacial score (nSPS) is 14.5. The summed E-state index contributed by atoms with van der Waals surface area (Å²) in [5.41, 5.74) is 2.44. The van der Waals surface area contributed by atoms with E-state index in [-0.39, 0.29) is 23.0 Å². The molecule has 0 bridgehead atoms. The minimum Gasteiger partial charge on any atom is -0.394 e. The number of hydrogen-bond acceptors (Lipinski definition) is 7. The molecule has 0 radical (unpaired) electrons. The maximum Gasteiger partial charge on any atom is 0.255 e. The van der Waals surface area contributed by atoms with Crippen LogP contribution in [0.15, 0.2) is 66.9 Å². The number of anilines is 1. The summed E-state index contributed by atoms with van der Waals surface area (Å²) in [6.07, 6.45) is 2.21. The van der Waals surface area contributed by atoms with Crippen molar-refractivity contribution in [2.75, 3.05) is 37.7 Å². The van der Waals surface area contributed by atoms with Gasteiger partial charge in [-0.2, -0.15) is 0 Å². The third kappa shape index (κ3) is 6.13. The number of carbonyl (C=O) groups excluding carboxylic acids is 3. The van der Waals surface area contributed by atoms with Crippen molar-refractivity contribution in [2.45, 2.75) is 19.0 Å². The van der Waals surface area contributed by atoms with Crippen LogP contribution in [0.2, 0.25) is 0 Å². The predicted octanol–water partition coefficient (Wildman–Crippen LogP) is -0.256. The number of carbonyl (C=O) groups is 1. The van der Waals surface area contributed by atoms with Gasteiger partial charge in [0.2, 0.25) is 0 Å². The number of hydrogen-bond donors (Lipinski definition) is 2. The van der Waals surface area contributed by atoms with Crippen LogP contribution in [0.3, 0.4) is 0 Å². The molecule has 1 atom stereocenters. The lowest BCUT2D eigenvalue weighted by Crippen LogP contribution is -2.47. The summed E-state index contributed by atoms with van der Waals surface area (Å²) in [7, 11) is 0. The quantitative estimate of drug-likeness (QED) is 0.454. The first-order valence-electron chi connectivity index (χ1n) is 11.9. The van der Waals surface area contributed by atoms with Crippen LogP contribution in [-0.2, 0) is 22.6 Å². The van der Waals surface area contributed by atoms with Crippen molar-refractivity contribution in [1.82, 2.24) is 15.2 Å². The highest BCUT2D eigenvalue weighted by molar-refractivity contribution is 5.99. The van der Waals surface area contributed by atoms with Gasteiger partial charge in [0, 0.05) is 38.9 Å². The number of aromatic nitrogens is 1. The van der Waals surface area contributed by atoms with Crippen LogP contribution in [0, 0.1) is 0 Å². The van der Waals surface area contributed by atoms with Crippen molar-refractivity contribution >= 4 is 23.6 Å². The lowest BCUT2D eigenvalue weighted by Gasteiger charge is -2.36. The fourth-order valence-corrected chi connectivity index (χ4v) is 4.39. The summed E-state index contributed by atoms with van der Waals surface area (Å²) in [5, 5.41) is 13.2. The van der Waals surface area contributed by atoms with Crippen molar-refractivity contribution in [3.05, 3.63) is 94.0 Å². The lowest BCUT2D eigenvalue weighted by atomic mass is 10.1. The van der Waals surface area contributed by atoms with E-state index < -0.39 is 6.04 Å². The zero-order valence-corrected chi connectivity index (χ0v) is 19.9. The lowest BCUT2D eigenvalue weighted by molar-refractivity contribution is 0.0916. The van der Waals surface area contributed by atoms with Gasteiger partial charge in [-0.3, -0.25) is 9.69 Å². The van der Waals surface area contributed by atoms with Crippen molar-refractivity contribution in [2.24, 2.45) is 0 Å². The number of benzene rings is 2. The van der Waals surface area contributed by atoms with E-state index in [0.717, 1.165) is 24.2 Å². The van der Waals surface area contributed by atoms with Crippen LogP contribution < -0.4 is 20.7 Å². The molecule has 0 spiro atoms. The van der Waals surface area contributed by atoms with Crippen LogP contribution in [-0.4, -0.2) is 71.6 Å². The first-order chi connectivity index (χ1) is 17.6. The summed E-state index contributed by atoms with van der Waals surface area (Å²) in [6.45, 7) is 3.31. The Morgan fingerprint density at radius 2 is 1.69 bits per heavy atom. The van der Waals surface area contributed by atoms with E-state index in [1.807, 2.05) is 36.4 Å². The first-order valence-corrected chi connectivity index (χ1v) is 11.9. The van der Waals surface area contributed by atoms with E-state index in [1.54, 1.807) is 42.3 Å². The SMILES string of the molecule is O=C=c1ccc(CN2CCN(c3ncccc3C(=O)NC(CO)Cc3ccccc3)CC2)cc1=C=O. The molecule has 4 rings (SSSR count). The smallest absolute Gasteiger partial charge is 0.255 e. The second kappa shape index (κ2) is 12.1. The van der Waals surface area contributed by atoms with Gasteiger partial charge in [-0.25, -0.2) is 14.6 Å². The highest BCUT2D eigenvalue weighted by Gasteiger charge is 2.24. The minimum atomic E-state index is -0.401.